The molecule has 0 radical (unpaired) electrons. The van der Waals surface area contributed by atoms with Gasteiger partial charge in [0, 0.05) is 13.2 Å². The monoisotopic (exact) mass is 205 g/mol. The van der Waals surface area contributed by atoms with Crippen LogP contribution >= 0.6 is 0 Å². The molecule has 1 unspecified atom stereocenters. The average molecular weight is 205 g/mol. The number of hydrogen-bond acceptors (Lipinski definition) is 2. The fourth-order valence-corrected chi connectivity index (χ4v) is 2.10. The molecule has 1 saturated heterocycles. The molecule has 2 heteroatoms. The van der Waals surface area contributed by atoms with Gasteiger partial charge in [0.25, 0.3) is 0 Å². The highest BCUT2D eigenvalue weighted by molar-refractivity contribution is 5.32. The predicted molar refractivity (Wildman–Crippen MR) is 62.1 cm³/mol. The summed E-state index contributed by atoms with van der Waals surface area (Å²) in [5.41, 5.74) is 3.98. The lowest BCUT2D eigenvalue weighted by Crippen LogP contribution is -2.20. The summed E-state index contributed by atoms with van der Waals surface area (Å²) in [6.07, 6.45) is 1.34. The quantitative estimate of drug-likeness (QED) is 0.760. The zero-order valence-electron chi connectivity index (χ0n) is 9.55. The van der Waals surface area contributed by atoms with Crippen molar-refractivity contribution >= 4 is 0 Å². The minimum absolute atomic E-state index is 0.230. The lowest BCUT2D eigenvalue weighted by atomic mass is 10.0. The Kier molecular flexibility index (Phi) is 3.39. The van der Waals surface area contributed by atoms with Crippen molar-refractivity contribution < 1.29 is 4.74 Å². The highest BCUT2D eigenvalue weighted by Gasteiger charge is 2.15. The number of nitrogens with one attached hydrogen (secondary N) is 1. The molecular formula is C13H19NO. The molecule has 0 bridgehead atoms. The van der Waals surface area contributed by atoms with Crippen LogP contribution in [-0.2, 0) is 4.74 Å². The smallest absolute Gasteiger partial charge is 0.0951 e. The molecule has 1 aromatic rings. The van der Waals surface area contributed by atoms with Gasteiger partial charge in [0.1, 0.15) is 0 Å². The van der Waals surface area contributed by atoms with E-state index in [9.17, 15) is 0 Å². The van der Waals surface area contributed by atoms with E-state index in [2.05, 4.69) is 37.4 Å². The summed E-state index contributed by atoms with van der Waals surface area (Å²) < 4.78 is 5.85. The van der Waals surface area contributed by atoms with E-state index >= 15 is 0 Å². The molecule has 1 aromatic carbocycles. The van der Waals surface area contributed by atoms with E-state index in [-0.39, 0.29) is 6.10 Å². The minimum Gasteiger partial charge on any atom is -0.372 e. The van der Waals surface area contributed by atoms with E-state index in [0.717, 1.165) is 26.1 Å². The second kappa shape index (κ2) is 4.77. The number of ether oxygens (including phenoxy) is 1. The van der Waals surface area contributed by atoms with Crippen molar-refractivity contribution in [2.75, 3.05) is 19.7 Å². The van der Waals surface area contributed by atoms with Crippen molar-refractivity contribution in [3.8, 4) is 0 Å². The Hall–Kier alpha value is -0.860. The predicted octanol–water partition coefficient (Wildman–Crippen LogP) is 2.35. The van der Waals surface area contributed by atoms with Crippen LogP contribution in [0.5, 0.6) is 0 Å². The van der Waals surface area contributed by atoms with Crippen LogP contribution in [0, 0.1) is 13.8 Å². The summed E-state index contributed by atoms with van der Waals surface area (Å²) in [7, 11) is 0. The van der Waals surface area contributed by atoms with Crippen molar-refractivity contribution in [1.82, 2.24) is 5.32 Å². The van der Waals surface area contributed by atoms with E-state index in [4.69, 9.17) is 4.74 Å². The Morgan fingerprint density at radius 2 is 2.20 bits per heavy atom. The van der Waals surface area contributed by atoms with Gasteiger partial charge < -0.3 is 10.1 Å². The summed E-state index contributed by atoms with van der Waals surface area (Å²) >= 11 is 0. The van der Waals surface area contributed by atoms with Gasteiger partial charge in [-0.3, -0.25) is 0 Å². The molecule has 0 saturated carbocycles. The molecule has 2 rings (SSSR count). The zero-order valence-corrected chi connectivity index (χ0v) is 9.55. The van der Waals surface area contributed by atoms with Crippen LogP contribution in [0.3, 0.4) is 0 Å². The van der Waals surface area contributed by atoms with Gasteiger partial charge in [0.2, 0.25) is 0 Å². The first kappa shape index (κ1) is 10.7. The standard InChI is InChI=1S/C13H19NO/c1-10-4-5-12(11(2)8-10)13-9-14-6-3-7-15-13/h4-5,8,13-14H,3,6-7,9H2,1-2H3. The fourth-order valence-electron chi connectivity index (χ4n) is 2.10. The van der Waals surface area contributed by atoms with Crippen LogP contribution in [0.2, 0.25) is 0 Å². The third-order valence-corrected chi connectivity index (χ3v) is 2.92. The Morgan fingerprint density at radius 1 is 1.33 bits per heavy atom. The summed E-state index contributed by atoms with van der Waals surface area (Å²) in [4.78, 5) is 0. The number of aryl methyl sites for hydroxylation is 2. The average Bonchev–Trinajstić information content (AvgIpc) is 2.46. The first-order valence-electron chi connectivity index (χ1n) is 5.67. The Balaban J connectivity index is 2.19. The van der Waals surface area contributed by atoms with Gasteiger partial charge in [-0.15, -0.1) is 0 Å². The van der Waals surface area contributed by atoms with Crippen LogP contribution in [0.4, 0.5) is 0 Å². The van der Waals surface area contributed by atoms with E-state index in [0.29, 0.717) is 0 Å². The van der Waals surface area contributed by atoms with Crippen LogP contribution < -0.4 is 5.32 Å². The summed E-state index contributed by atoms with van der Waals surface area (Å²) in [5, 5.41) is 3.41. The molecule has 1 aliphatic heterocycles. The fraction of sp³-hybridized carbons (Fsp3) is 0.538. The van der Waals surface area contributed by atoms with Crippen LogP contribution in [0.15, 0.2) is 18.2 Å². The molecule has 1 fully saturated rings. The van der Waals surface area contributed by atoms with Gasteiger partial charge in [0.05, 0.1) is 6.10 Å². The van der Waals surface area contributed by atoms with Crippen molar-refractivity contribution in [2.24, 2.45) is 0 Å². The third kappa shape index (κ3) is 2.58. The van der Waals surface area contributed by atoms with Gasteiger partial charge >= 0.3 is 0 Å². The molecule has 0 spiro atoms. The van der Waals surface area contributed by atoms with Crippen LogP contribution in [0.1, 0.15) is 29.2 Å². The van der Waals surface area contributed by atoms with Crippen molar-refractivity contribution in [3.63, 3.8) is 0 Å². The minimum atomic E-state index is 0.230. The molecule has 1 N–H and O–H groups in total. The van der Waals surface area contributed by atoms with E-state index in [1.165, 1.54) is 16.7 Å². The van der Waals surface area contributed by atoms with E-state index in [1.807, 2.05) is 0 Å². The number of hydrogen-bond donors (Lipinski definition) is 1. The maximum absolute atomic E-state index is 5.85. The number of benzene rings is 1. The normalized spacial score (nSPS) is 22.4. The molecule has 82 valence electrons. The van der Waals surface area contributed by atoms with Crippen molar-refractivity contribution in [2.45, 2.75) is 26.4 Å². The summed E-state index contributed by atoms with van der Waals surface area (Å²) in [6.45, 7) is 7.16. The Bertz CT molecular complexity index is 327. The first-order valence-corrected chi connectivity index (χ1v) is 5.67. The lowest BCUT2D eigenvalue weighted by Gasteiger charge is -2.18. The Morgan fingerprint density at radius 3 is 3.00 bits per heavy atom. The maximum atomic E-state index is 5.85. The molecule has 0 aliphatic carbocycles. The molecule has 1 aliphatic rings. The lowest BCUT2D eigenvalue weighted by molar-refractivity contribution is 0.0665. The first-order chi connectivity index (χ1) is 7.27. The van der Waals surface area contributed by atoms with Gasteiger partial charge in [-0.25, -0.2) is 0 Å². The van der Waals surface area contributed by atoms with Crippen molar-refractivity contribution in [3.05, 3.63) is 34.9 Å². The second-order valence-corrected chi connectivity index (χ2v) is 4.28. The van der Waals surface area contributed by atoms with Crippen LogP contribution in [0.25, 0.3) is 0 Å². The summed E-state index contributed by atoms with van der Waals surface area (Å²) in [6, 6.07) is 6.59. The van der Waals surface area contributed by atoms with Gasteiger partial charge in [-0.2, -0.15) is 0 Å². The van der Waals surface area contributed by atoms with Crippen LogP contribution in [-0.4, -0.2) is 19.7 Å². The summed E-state index contributed by atoms with van der Waals surface area (Å²) in [5.74, 6) is 0. The molecule has 0 amide bonds. The van der Waals surface area contributed by atoms with E-state index < -0.39 is 0 Å². The second-order valence-electron chi connectivity index (χ2n) is 4.28. The topological polar surface area (TPSA) is 21.3 Å². The molecule has 1 heterocycles. The largest absolute Gasteiger partial charge is 0.372 e. The van der Waals surface area contributed by atoms with Gasteiger partial charge in [-0.05, 0) is 37.9 Å². The number of rotatable bonds is 1. The highest BCUT2D eigenvalue weighted by atomic mass is 16.5. The van der Waals surface area contributed by atoms with Gasteiger partial charge in [-0.1, -0.05) is 23.8 Å². The molecule has 2 nitrogen and oxygen atoms in total. The van der Waals surface area contributed by atoms with Gasteiger partial charge in [0.15, 0.2) is 0 Å². The Labute approximate surface area is 91.6 Å². The molecule has 15 heavy (non-hydrogen) atoms. The zero-order chi connectivity index (χ0) is 10.7. The molecule has 0 aromatic heterocycles. The molecule has 1 atom stereocenters. The van der Waals surface area contributed by atoms with E-state index in [1.54, 1.807) is 0 Å². The SMILES string of the molecule is Cc1ccc(C2CNCCCO2)c(C)c1. The van der Waals surface area contributed by atoms with Crippen molar-refractivity contribution in [1.29, 1.82) is 0 Å². The highest BCUT2D eigenvalue weighted by Crippen LogP contribution is 2.22. The molecular weight excluding hydrogens is 186 g/mol. The third-order valence-electron chi connectivity index (χ3n) is 2.92. The maximum Gasteiger partial charge on any atom is 0.0951 e.